The molecule has 90 valence electrons. The Morgan fingerprint density at radius 2 is 2.24 bits per heavy atom. The maximum Gasteiger partial charge on any atom is 0.305 e. The minimum Gasteiger partial charge on any atom is -0.469 e. The van der Waals surface area contributed by atoms with Gasteiger partial charge in [0.05, 0.1) is 7.11 Å². The molecular weight excluding hydrogens is 284 g/mol. The molecule has 0 saturated carbocycles. The minimum absolute atomic E-state index is 0.177. The van der Waals surface area contributed by atoms with Crippen LogP contribution < -0.4 is 0 Å². The fourth-order valence-corrected chi connectivity index (χ4v) is 2.08. The van der Waals surface area contributed by atoms with Crippen LogP contribution in [0.3, 0.4) is 0 Å². The van der Waals surface area contributed by atoms with E-state index in [0.717, 1.165) is 34.0 Å². The molecule has 0 atom stereocenters. The number of halogens is 1. The van der Waals surface area contributed by atoms with Crippen LogP contribution in [0.4, 0.5) is 0 Å². The maximum atomic E-state index is 11.0. The summed E-state index contributed by atoms with van der Waals surface area (Å²) >= 11 is 3.42. The normalized spacial score (nSPS) is 10.7. The Kier molecular flexibility index (Phi) is 3.84. The van der Waals surface area contributed by atoms with Crippen molar-refractivity contribution in [3.8, 4) is 0 Å². The van der Waals surface area contributed by atoms with Crippen LogP contribution in [0.15, 0.2) is 33.2 Å². The first-order valence-corrected chi connectivity index (χ1v) is 6.23. The molecule has 0 saturated heterocycles. The van der Waals surface area contributed by atoms with Crippen molar-refractivity contribution in [3.05, 3.63) is 34.5 Å². The van der Waals surface area contributed by atoms with Gasteiger partial charge in [-0.05, 0) is 30.7 Å². The molecule has 2 aromatic rings. The quantitative estimate of drug-likeness (QED) is 0.808. The zero-order chi connectivity index (χ0) is 12.3. The van der Waals surface area contributed by atoms with Gasteiger partial charge in [0.2, 0.25) is 0 Å². The standard InChI is InChI=1S/C13H13BrO3/c1-16-13(15)4-2-3-11-8-9-7-10(14)5-6-12(9)17-11/h5-8H,2-4H2,1H3. The fraction of sp³-hybridized carbons (Fsp3) is 0.308. The van der Waals surface area contributed by atoms with E-state index in [0.29, 0.717) is 6.42 Å². The first-order chi connectivity index (χ1) is 8.19. The van der Waals surface area contributed by atoms with E-state index in [-0.39, 0.29) is 5.97 Å². The second-order valence-electron chi connectivity index (χ2n) is 3.82. The van der Waals surface area contributed by atoms with Crippen molar-refractivity contribution in [3.63, 3.8) is 0 Å². The number of methoxy groups -OCH3 is 1. The zero-order valence-corrected chi connectivity index (χ0v) is 11.1. The van der Waals surface area contributed by atoms with Crippen LogP contribution in [0, 0.1) is 0 Å². The second kappa shape index (κ2) is 5.36. The van der Waals surface area contributed by atoms with Gasteiger partial charge in [-0.25, -0.2) is 0 Å². The fourth-order valence-electron chi connectivity index (χ4n) is 1.70. The van der Waals surface area contributed by atoms with E-state index in [4.69, 9.17) is 4.42 Å². The summed E-state index contributed by atoms with van der Waals surface area (Å²) in [6, 6.07) is 7.91. The van der Waals surface area contributed by atoms with E-state index in [1.807, 2.05) is 24.3 Å². The maximum absolute atomic E-state index is 11.0. The highest BCUT2D eigenvalue weighted by molar-refractivity contribution is 9.10. The lowest BCUT2D eigenvalue weighted by Gasteiger charge is -1.96. The smallest absolute Gasteiger partial charge is 0.305 e. The van der Waals surface area contributed by atoms with Gasteiger partial charge in [-0.3, -0.25) is 4.79 Å². The highest BCUT2D eigenvalue weighted by Crippen LogP contribution is 2.24. The van der Waals surface area contributed by atoms with Crippen LogP contribution in [0.2, 0.25) is 0 Å². The average Bonchev–Trinajstić information content (AvgIpc) is 2.70. The number of hydrogen-bond donors (Lipinski definition) is 0. The summed E-state index contributed by atoms with van der Waals surface area (Å²) in [5.74, 6) is 0.728. The SMILES string of the molecule is COC(=O)CCCc1cc2cc(Br)ccc2o1. The summed E-state index contributed by atoms with van der Waals surface area (Å²) in [7, 11) is 1.40. The van der Waals surface area contributed by atoms with Crippen molar-refractivity contribution in [1.29, 1.82) is 0 Å². The Morgan fingerprint density at radius 3 is 3.00 bits per heavy atom. The Balaban J connectivity index is 2.02. The van der Waals surface area contributed by atoms with E-state index in [2.05, 4.69) is 20.7 Å². The van der Waals surface area contributed by atoms with Crippen LogP contribution in [0.25, 0.3) is 11.0 Å². The molecule has 17 heavy (non-hydrogen) atoms. The summed E-state index contributed by atoms with van der Waals surface area (Å²) < 4.78 is 11.3. The van der Waals surface area contributed by atoms with Gasteiger partial charge in [0.1, 0.15) is 11.3 Å². The Labute approximate surface area is 108 Å². The molecule has 0 aliphatic heterocycles. The molecule has 0 spiro atoms. The number of carbonyl (C=O) groups is 1. The molecular formula is C13H13BrO3. The largest absolute Gasteiger partial charge is 0.469 e. The molecule has 0 aliphatic carbocycles. The highest BCUT2D eigenvalue weighted by Gasteiger charge is 2.06. The molecule has 4 heteroatoms. The van der Waals surface area contributed by atoms with Crippen LogP contribution in [0.5, 0.6) is 0 Å². The van der Waals surface area contributed by atoms with Gasteiger partial charge >= 0.3 is 5.97 Å². The number of carbonyl (C=O) groups excluding carboxylic acids is 1. The third-order valence-electron chi connectivity index (χ3n) is 2.56. The third kappa shape index (κ3) is 3.09. The predicted molar refractivity (Wildman–Crippen MR) is 68.9 cm³/mol. The summed E-state index contributed by atoms with van der Waals surface area (Å²) in [6.07, 6.45) is 1.92. The zero-order valence-electron chi connectivity index (χ0n) is 9.53. The van der Waals surface area contributed by atoms with Crippen LogP contribution in [-0.2, 0) is 16.0 Å². The van der Waals surface area contributed by atoms with Gasteiger partial charge in [0.25, 0.3) is 0 Å². The predicted octanol–water partition coefficient (Wildman–Crippen LogP) is 3.69. The summed E-state index contributed by atoms with van der Waals surface area (Å²) in [6.45, 7) is 0. The summed E-state index contributed by atoms with van der Waals surface area (Å²) in [5.41, 5.74) is 0.876. The van der Waals surface area contributed by atoms with Crippen molar-refractivity contribution in [2.45, 2.75) is 19.3 Å². The van der Waals surface area contributed by atoms with E-state index >= 15 is 0 Å². The van der Waals surface area contributed by atoms with E-state index in [9.17, 15) is 4.79 Å². The molecule has 2 rings (SSSR count). The van der Waals surface area contributed by atoms with Crippen molar-refractivity contribution >= 4 is 32.9 Å². The number of aryl methyl sites for hydroxylation is 1. The third-order valence-corrected chi connectivity index (χ3v) is 3.05. The van der Waals surface area contributed by atoms with Crippen LogP contribution in [-0.4, -0.2) is 13.1 Å². The monoisotopic (exact) mass is 296 g/mol. The first-order valence-electron chi connectivity index (χ1n) is 5.44. The molecule has 0 N–H and O–H groups in total. The van der Waals surface area contributed by atoms with E-state index < -0.39 is 0 Å². The lowest BCUT2D eigenvalue weighted by molar-refractivity contribution is -0.140. The second-order valence-corrected chi connectivity index (χ2v) is 4.74. The Hall–Kier alpha value is -1.29. The lowest BCUT2D eigenvalue weighted by Crippen LogP contribution is -2.00. The minimum atomic E-state index is -0.177. The molecule has 3 nitrogen and oxygen atoms in total. The average molecular weight is 297 g/mol. The van der Waals surface area contributed by atoms with Crippen LogP contribution in [0.1, 0.15) is 18.6 Å². The van der Waals surface area contributed by atoms with E-state index in [1.165, 1.54) is 7.11 Å². The van der Waals surface area contributed by atoms with Gasteiger partial charge < -0.3 is 9.15 Å². The lowest BCUT2D eigenvalue weighted by atomic mass is 10.2. The molecule has 0 radical (unpaired) electrons. The Bertz CT molecular complexity index is 530. The number of fused-ring (bicyclic) bond motifs is 1. The molecule has 0 fully saturated rings. The molecule has 0 aliphatic rings. The van der Waals surface area contributed by atoms with Crippen molar-refractivity contribution < 1.29 is 13.9 Å². The van der Waals surface area contributed by atoms with Gasteiger partial charge in [-0.1, -0.05) is 15.9 Å². The number of esters is 1. The Morgan fingerprint density at radius 1 is 1.41 bits per heavy atom. The van der Waals surface area contributed by atoms with Gasteiger partial charge in [0.15, 0.2) is 0 Å². The molecule has 0 amide bonds. The van der Waals surface area contributed by atoms with Gasteiger partial charge in [-0.15, -0.1) is 0 Å². The molecule has 0 bridgehead atoms. The molecule has 1 heterocycles. The number of rotatable bonds is 4. The number of benzene rings is 1. The van der Waals surface area contributed by atoms with E-state index in [1.54, 1.807) is 0 Å². The van der Waals surface area contributed by atoms with Crippen molar-refractivity contribution in [1.82, 2.24) is 0 Å². The van der Waals surface area contributed by atoms with Crippen molar-refractivity contribution in [2.24, 2.45) is 0 Å². The van der Waals surface area contributed by atoms with Gasteiger partial charge in [-0.2, -0.15) is 0 Å². The number of furan rings is 1. The molecule has 1 aromatic carbocycles. The molecule has 0 unspecified atom stereocenters. The summed E-state index contributed by atoms with van der Waals surface area (Å²) in [5, 5.41) is 1.08. The number of ether oxygens (including phenoxy) is 1. The van der Waals surface area contributed by atoms with Gasteiger partial charge in [0, 0.05) is 22.7 Å². The van der Waals surface area contributed by atoms with Crippen molar-refractivity contribution in [2.75, 3.05) is 7.11 Å². The highest BCUT2D eigenvalue weighted by atomic mass is 79.9. The first kappa shape index (κ1) is 12.2. The van der Waals surface area contributed by atoms with Crippen LogP contribution >= 0.6 is 15.9 Å². The topological polar surface area (TPSA) is 39.4 Å². The molecule has 1 aromatic heterocycles. The summed E-state index contributed by atoms with van der Waals surface area (Å²) in [4.78, 5) is 11.0. The number of hydrogen-bond acceptors (Lipinski definition) is 3.